The Bertz CT molecular complexity index is 1450. The summed E-state index contributed by atoms with van der Waals surface area (Å²) < 4.78 is 34.8. The lowest BCUT2D eigenvalue weighted by molar-refractivity contribution is -0.134. The Morgan fingerprint density at radius 1 is 1.07 bits per heavy atom. The summed E-state index contributed by atoms with van der Waals surface area (Å²) >= 11 is 6.40. The van der Waals surface area contributed by atoms with Crippen LogP contribution in [0.15, 0.2) is 59.5 Å². The monoisotopic (exact) mass is 585 g/mol. The number of hydrogen-bond donors (Lipinski definition) is 1. The largest absolute Gasteiger partial charge is 0.495 e. The van der Waals surface area contributed by atoms with Gasteiger partial charge in [0.1, 0.15) is 5.75 Å². The van der Waals surface area contributed by atoms with Gasteiger partial charge in [0.25, 0.3) is 15.9 Å². The van der Waals surface area contributed by atoms with E-state index in [0.29, 0.717) is 24.3 Å². The summed E-state index contributed by atoms with van der Waals surface area (Å²) in [6.07, 6.45) is 7.75. The number of fused-ring (bicyclic) bond motifs is 3. The Kier molecular flexibility index (Phi) is 7.65. The highest BCUT2D eigenvalue weighted by atomic mass is 35.5. The van der Waals surface area contributed by atoms with Crippen molar-refractivity contribution in [2.45, 2.75) is 56.9 Å². The van der Waals surface area contributed by atoms with Crippen molar-refractivity contribution in [3.63, 3.8) is 0 Å². The first-order chi connectivity index (χ1) is 18.9. The standard InChI is InChI=1S/C30H36ClN3O5S/c1-29(2)12-6-7-15-34(25-8-4-5-9-26(25)39-3)40(37,38)22-10-11-24(31)23(16-22)28(36)32-19-21-17-30(13-14-30)20-33(21)27(35)18-29/h4-11,16,21H,12-15,17-20H2,1-3H3,(H,32,36)/b7-6+. The lowest BCUT2D eigenvalue weighted by Gasteiger charge is -2.30. The molecule has 1 saturated carbocycles. The number of methoxy groups -OCH3 is 1. The third-order valence-electron chi connectivity index (χ3n) is 8.25. The van der Waals surface area contributed by atoms with Gasteiger partial charge in [-0.25, -0.2) is 8.42 Å². The lowest BCUT2D eigenvalue weighted by atomic mass is 9.85. The van der Waals surface area contributed by atoms with Crippen LogP contribution in [0.25, 0.3) is 0 Å². The maximum Gasteiger partial charge on any atom is 0.264 e. The molecule has 1 aliphatic carbocycles. The zero-order chi connectivity index (χ0) is 28.7. The van der Waals surface area contributed by atoms with Crippen molar-refractivity contribution in [2.24, 2.45) is 10.8 Å². The normalized spacial score (nSPS) is 24.6. The van der Waals surface area contributed by atoms with Crippen molar-refractivity contribution in [3.05, 3.63) is 65.2 Å². The van der Waals surface area contributed by atoms with E-state index < -0.39 is 15.9 Å². The van der Waals surface area contributed by atoms with Gasteiger partial charge in [0.05, 0.1) is 34.8 Å². The summed E-state index contributed by atoms with van der Waals surface area (Å²) in [4.78, 5) is 28.7. The van der Waals surface area contributed by atoms with E-state index in [2.05, 4.69) is 5.32 Å². The van der Waals surface area contributed by atoms with Crippen LogP contribution in [0.3, 0.4) is 0 Å². The van der Waals surface area contributed by atoms with E-state index in [1.54, 1.807) is 30.3 Å². The number of carbonyl (C=O) groups is 2. The summed E-state index contributed by atoms with van der Waals surface area (Å²) in [5.74, 6) is 0.0147. The highest BCUT2D eigenvalue weighted by molar-refractivity contribution is 7.92. The van der Waals surface area contributed by atoms with Crippen molar-refractivity contribution in [1.82, 2.24) is 10.2 Å². The summed E-state index contributed by atoms with van der Waals surface area (Å²) in [6, 6.07) is 10.9. The number of sulfonamides is 1. The maximum atomic E-state index is 14.0. The predicted molar refractivity (Wildman–Crippen MR) is 155 cm³/mol. The molecule has 2 fully saturated rings. The number of allylic oxidation sites excluding steroid dienone is 1. The summed E-state index contributed by atoms with van der Waals surface area (Å²) in [6.45, 7) is 5.14. The Hall–Kier alpha value is -3.04. The van der Waals surface area contributed by atoms with Gasteiger partial charge < -0.3 is 15.0 Å². The van der Waals surface area contributed by atoms with Crippen LogP contribution in [0.1, 0.15) is 56.3 Å². The number of halogens is 1. The number of carbonyl (C=O) groups excluding carboxylic acids is 2. The second kappa shape index (κ2) is 10.7. The van der Waals surface area contributed by atoms with E-state index in [1.807, 2.05) is 24.8 Å². The number of amides is 2. The van der Waals surface area contributed by atoms with E-state index in [9.17, 15) is 18.0 Å². The first-order valence-electron chi connectivity index (χ1n) is 13.6. The van der Waals surface area contributed by atoms with Gasteiger partial charge in [-0.3, -0.25) is 13.9 Å². The van der Waals surface area contributed by atoms with Crippen molar-refractivity contribution >= 4 is 39.1 Å². The molecule has 2 heterocycles. The number of anilines is 1. The quantitative estimate of drug-likeness (QED) is 0.499. The van der Waals surface area contributed by atoms with Gasteiger partial charge >= 0.3 is 0 Å². The van der Waals surface area contributed by atoms with Gasteiger partial charge in [-0.15, -0.1) is 0 Å². The lowest BCUT2D eigenvalue weighted by Crippen LogP contribution is -2.44. The molecule has 2 amide bonds. The molecule has 1 saturated heterocycles. The van der Waals surface area contributed by atoms with E-state index in [4.69, 9.17) is 16.3 Å². The second-order valence-corrected chi connectivity index (χ2v) is 14.2. The first kappa shape index (κ1) is 28.5. The van der Waals surface area contributed by atoms with Crippen LogP contribution in [0, 0.1) is 10.8 Å². The van der Waals surface area contributed by atoms with Gasteiger partial charge in [0.2, 0.25) is 5.91 Å². The first-order valence-corrected chi connectivity index (χ1v) is 15.4. The van der Waals surface area contributed by atoms with Crippen LogP contribution in [0.2, 0.25) is 5.02 Å². The smallest absolute Gasteiger partial charge is 0.264 e. The predicted octanol–water partition coefficient (Wildman–Crippen LogP) is 5.03. The number of rotatable bonds is 2. The minimum absolute atomic E-state index is 0.0353. The van der Waals surface area contributed by atoms with Crippen LogP contribution in [0.5, 0.6) is 5.75 Å². The molecule has 2 aromatic rings. The molecule has 1 atom stereocenters. The number of benzene rings is 2. The molecule has 40 heavy (non-hydrogen) atoms. The van der Waals surface area contributed by atoms with Crippen molar-refractivity contribution in [1.29, 1.82) is 0 Å². The van der Waals surface area contributed by atoms with Crippen LogP contribution < -0.4 is 14.4 Å². The molecule has 214 valence electrons. The van der Waals surface area contributed by atoms with E-state index in [1.165, 1.54) is 29.6 Å². The molecule has 1 spiro atoms. The summed E-state index contributed by atoms with van der Waals surface area (Å²) in [5.41, 5.74) is 0.283. The van der Waals surface area contributed by atoms with Gasteiger partial charge in [0, 0.05) is 25.6 Å². The molecule has 0 aromatic heterocycles. The average molecular weight is 586 g/mol. The molecule has 0 radical (unpaired) electrons. The van der Waals surface area contributed by atoms with E-state index in [0.717, 1.165) is 25.8 Å². The molecule has 2 bridgehead atoms. The third kappa shape index (κ3) is 5.72. The zero-order valence-electron chi connectivity index (χ0n) is 23.2. The highest BCUT2D eigenvalue weighted by Gasteiger charge is 2.53. The summed E-state index contributed by atoms with van der Waals surface area (Å²) in [7, 11) is -2.63. The highest BCUT2D eigenvalue weighted by Crippen LogP contribution is 2.55. The number of nitrogens with zero attached hydrogens (tertiary/aromatic N) is 2. The molecular weight excluding hydrogens is 550 g/mol. The summed E-state index contributed by atoms with van der Waals surface area (Å²) in [5, 5.41) is 3.09. The molecule has 3 aliphatic rings. The fraction of sp³-hybridized carbons (Fsp3) is 0.467. The fourth-order valence-corrected chi connectivity index (χ4v) is 7.42. The Morgan fingerprint density at radius 2 is 1.82 bits per heavy atom. The second-order valence-electron chi connectivity index (χ2n) is 12.0. The van der Waals surface area contributed by atoms with Crippen LogP contribution in [-0.2, 0) is 14.8 Å². The Balaban J connectivity index is 1.55. The van der Waals surface area contributed by atoms with Crippen LogP contribution in [0.4, 0.5) is 5.69 Å². The van der Waals surface area contributed by atoms with Crippen LogP contribution in [-0.4, -0.2) is 57.9 Å². The maximum absolute atomic E-state index is 14.0. The van der Waals surface area contributed by atoms with Gasteiger partial charge in [-0.05, 0) is 66.8 Å². The minimum Gasteiger partial charge on any atom is -0.495 e. The average Bonchev–Trinajstić information content (AvgIpc) is 3.56. The topological polar surface area (TPSA) is 96.0 Å². The fourth-order valence-electron chi connectivity index (χ4n) is 5.77. The minimum atomic E-state index is -4.12. The Morgan fingerprint density at radius 3 is 2.55 bits per heavy atom. The number of hydrogen-bond acceptors (Lipinski definition) is 5. The van der Waals surface area contributed by atoms with Crippen molar-refractivity contribution in [3.8, 4) is 5.75 Å². The number of ether oxygens (including phenoxy) is 1. The molecule has 2 aromatic carbocycles. The van der Waals surface area contributed by atoms with E-state index in [-0.39, 0.29) is 51.4 Å². The Labute approximate surface area is 241 Å². The molecule has 5 rings (SSSR count). The van der Waals surface area contributed by atoms with E-state index >= 15 is 0 Å². The third-order valence-corrected chi connectivity index (χ3v) is 10.4. The molecule has 2 aliphatic heterocycles. The zero-order valence-corrected chi connectivity index (χ0v) is 24.7. The van der Waals surface area contributed by atoms with Gasteiger partial charge in [-0.1, -0.05) is 49.7 Å². The van der Waals surface area contributed by atoms with Gasteiger partial charge in [-0.2, -0.15) is 0 Å². The van der Waals surface area contributed by atoms with Crippen molar-refractivity contribution < 1.29 is 22.7 Å². The van der Waals surface area contributed by atoms with Gasteiger partial charge in [0.15, 0.2) is 0 Å². The molecule has 8 nitrogen and oxygen atoms in total. The molecule has 1 unspecified atom stereocenters. The van der Waals surface area contributed by atoms with Crippen molar-refractivity contribution in [2.75, 3.05) is 31.0 Å². The molecular formula is C30H36ClN3O5S. The molecule has 1 N–H and O–H groups in total. The van der Waals surface area contributed by atoms with Crippen LogP contribution >= 0.6 is 11.6 Å². The number of para-hydroxylation sites is 2. The SMILES string of the molecule is COc1ccccc1N1C/C=C/CC(C)(C)CC(=O)N2CC3(CC3)CC2CNC(=O)c2cc(ccc2Cl)S1(=O)=O. The number of nitrogens with one attached hydrogen (secondary N) is 1. The molecule has 10 heteroatoms.